The lowest BCUT2D eigenvalue weighted by molar-refractivity contribution is 0.0511. The molecule has 0 aliphatic carbocycles. The number of nitrogens with zero attached hydrogens (tertiary/aromatic N) is 2. The van der Waals surface area contributed by atoms with Gasteiger partial charge in [-0.3, -0.25) is 4.79 Å². The van der Waals surface area contributed by atoms with Gasteiger partial charge in [-0.2, -0.15) is 9.78 Å². The van der Waals surface area contributed by atoms with Crippen LogP contribution < -0.4 is 10.3 Å². The Balaban J connectivity index is 1.99. The molecule has 6 nitrogen and oxygen atoms in total. The van der Waals surface area contributed by atoms with Crippen molar-refractivity contribution in [2.24, 2.45) is 0 Å². The van der Waals surface area contributed by atoms with Crippen molar-refractivity contribution >= 4 is 5.97 Å². The van der Waals surface area contributed by atoms with Gasteiger partial charge in [-0.05, 0) is 31.5 Å². The summed E-state index contributed by atoms with van der Waals surface area (Å²) in [6.07, 6.45) is 0. The Labute approximate surface area is 157 Å². The molecule has 0 radical (unpaired) electrons. The second-order valence-corrected chi connectivity index (χ2v) is 5.94. The van der Waals surface area contributed by atoms with Gasteiger partial charge in [0.1, 0.15) is 6.61 Å². The highest BCUT2D eigenvalue weighted by Gasteiger charge is 2.20. The molecule has 0 N–H and O–H groups in total. The average molecular weight is 364 g/mol. The Morgan fingerprint density at radius 3 is 2.44 bits per heavy atom. The van der Waals surface area contributed by atoms with Crippen molar-refractivity contribution in [2.45, 2.75) is 20.5 Å². The Kier molecular flexibility index (Phi) is 5.66. The number of carbonyl (C=O) groups is 1. The van der Waals surface area contributed by atoms with Crippen LogP contribution in [0.4, 0.5) is 0 Å². The van der Waals surface area contributed by atoms with Crippen LogP contribution in [0.15, 0.2) is 65.5 Å². The van der Waals surface area contributed by atoms with Gasteiger partial charge >= 0.3 is 5.97 Å². The Morgan fingerprint density at radius 2 is 1.78 bits per heavy atom. The summed E-state index contributed by atoms with van der Waals surface area (Å²) in [5, 5.41) is 4.21. The molecular weight excluding hydrogens is 344 g/mol. The van der Waals surface area contributed by atoms with Crippen LogP contribution in [0.25, 0.3) is 5.69 Å². The van der Waals surface area contributed by atoms with Crippen molar-refractivity contribution in [3.05, 3.63) is 87.8 Å². The van der Waals surface area contributed by atoms with Gasteiger partial charge in [0.2, 0.25) is 5.69 Å². The first-order valence-electron chi connectivity index (χ1n) is 8.63. The zero-order valence-electron chi connectivity index (χ0n) is 15.2. The molecule has 3 rings (SSSR count). The van der Waals surface area contributed by atoms with Crippen LogP contribution in [0.2, 0.25) is 0 Å². The number of ether oxygens (including phenoxy) is 2. The standard InChI is InChI=1S/C21H20N2O4/c1-3-26-21(25)20-18(27-14-16-7-5-4-6-8-16)13-19(24)23(22-20)17-11-9-15(2)10-12-17/h4-13H,3,14H2,1-2H3. The lowest BCUT2D eigenvalue weighted by Crippen LogP contribution is -2.25. The number of hydrogen-bond acceptors (Lipinski definition) is 5. The van der Waals surface area contributed by atoms with E-state index in [0.717, 1.165) is 11.1 Å². The average Bonchev–Trinajstić information content (AvgIpc) is 2.68. The Hall–Kier alpha value is -3.41. The smallest absolute Gasteiger partial charge is 0.362 e. The molecule has 138 valence electrons. The fourth-order valence-corrected chi connectivity index (χ4v) is 2.50. The van der Waals surface area contributed by atoms with Gasteiger partial charge in [0.15, 0.2) is 5.75 Å². The summed E-state index contributed by atoms with van der Waals surface area (Å²) in [6, 6.07) is 18.0. The molecule has 0 unspecified atom stereocenters. The molecule has 1 aromatic heterocycles. The molecule has 3 aromatic rings. The number of rotatable bonds is 6. The predicted octanol–water partition coefficient (Wildman–Crippen LogP) is 3.30. The van der Waals surface area contributed by atoms with Crippen LogP contribution in [0.1, 0.15) is 28.5 Å². The molecule has 0 saturated heterocycles. The van der Waals surface area contributed by atoms with Gasteiger partial charge < -0.3 is 9.47 Å². The van der Waals surface area contributed by atoms with E-state index in [0.29, 0.717) is 5.69 Å². The summed E-state index contributed by atoms with van der Waals surface area (Å²) in [7, 11) is 0. The summed E-state index contributed by atoms with van der Waals surface area (Å²) in [6.45, 7) is 4.06. The molecule has 0 aliphatic rings. The first-order chi connectivity index (χ1) is 13.1. The molecule has 0 amide bonds. The number of hydrogen-bond donors (Lipinski definition) is 0. The van der Waals surface area contributed by atoms with Crippen molar-refractivity contribution in [1.82, 2.24) is 9.78 Å². The SMILES string of the molecule is CCOC(=O)c1nn(-c2ccc(C)cc2)c(=O)cc1OCc1ccccc1. The third kappa shape index (κ3) is 4.41. The van der Waals surface area contributed by atoms with Crippen molar-refractivity contribution < 1.29 is 14.3 Å². The molecule has 0 saturated carbocycles. The highest BCUT2D eigenvalue weighted by Crippen LogP contribution is 2.18. The molecular formula is C21H20N2O4. The van der Waals surface area contributed by atoms with E-state index in [2.05, 4.69) is 5.10 Å². The van der Waals surface area contributed by atoms with Crippen molar-refractivity contribution in [3.8, 4) is 11.4 Å². The third-order valence-electron chi connectivity index (χ3n) is 3.88. The van der Waals surface area contributed by atoms with E-state index in [1.807, 2.05) is 49.4 Å². The number of aryl methyl sites for hydroxylation is 1. The number of benzene rings is 2. The second kappa shape index (κ2) is 8.31. The topological polar surface area (TPSA) is 70.4 Å². The van der Waals surface area contributed by atoms with Gasteiger partial charge in [0, 0.05) is 0 Å². The molecule has 0 fully saturated rings. The summed E-state index contributed by atoms with van der Waals surface area (Å²) >= 11 is 0. The lowest BCUT2D eigenvalue weighted by Gasteiger charge is -2.12. The van der Waals surface area contributed by atoms with Crippen LogP contribution in [0.3, 0.4) is 0 Å². The summed E-state index contributed by atoms with van der Waals surface area (Å²) < 4.78 is 11.9. The molecule has 0 bridgehead atoms. The van der Waals surface area contributed by atoms with Crippen LogP contribution in [-0.2, 0) is 11.3 Å². The van der Waals surface area contributed by atoms with Gasteiger partial charge in [-0.25, -0.2) is 4.79 Å². The van der Waals surface area contributed by atoms with E-state index in [1.165, 1.54) is 10.7 Å². The van der Waals surface area contributed by atoms with E-state index >= 15 is 0 Å². The Morgan fingerprint density at radius 1 is 1.07 bits per heavy atom. The molecule has 2 aromatic carbocycles. The van der Waals surface area contributed by atoms with E-state index in [-0.39, 0.29) is 24.7 Å². The minimum Gasteiger partial charge on any atom is -0.486 e. The molecule has 0 spiro atoms. The first kappa shape index (κ1) is 18.4. The minimum absolute atomic E-state index is 0.0343. The maximum atomic E-state index is 12.5. The normalized spacial score (nSPS) is 10.4. The third-order valence-corrected chi connectivity index (χ3v) is 3.88. The van der Waals surface area contributed by atoms with Crippen molar-refractivity contribution in [1.29, 1.82) is 0 Å². The Bertz CT molecular complexity index is 979. The number of esters is 1. The molecule has 0 aliphatic heterocycles. The minimum atomic E-state index is -0.638. The van der Waals surface area contributed by atoms with Gasteiger partial charge in [0.05, 0.1) is 18.4 Å². The van der Waals surface area contributed by atoms with Crippen LogP contribution in [0.5, 0.6) is 5.75 Å². The van der Waals surface area contributed by atoms with E-state index in [4.69, 9.17) is 9.47 Å². The maximum absolute atomic E-state index is 12.5. The van der Waals surface area contributed by atoms with Crippen LogP contribution in [0, 0.1) is 6.92 Å². The summed E-state index contributed by atoms with van der Waals surface area (Å²) in [5.74, 6) is -0.535. The molecule has 1 heterocycles. The van der Waals surface area contributed by atoms with E-state index < -0.39 is 11.5 Å². The highest BCUT2D eigenvalue weighted by molar-refractivity contribution is 5.90. The zero-order chi connectivity index (χ0) is 19.2. The largest absolute Gasteiger partial charge is 0.486 e. The fraction of sp³-hybridized carbons (Fsp3) is 0.190. The second-order valence-electron chi connectivity index (χ2n) is 5.94. The lowest BCUT2D eigenvalue weighted by atomic mass is 10.2. The zero-order valence-corrected chi connectivity index (χ0v) is 15.2. The molecule has 6 heteroatoms. The van der Waals surface area contributed by atoms with Gasteiger partial charge in [0.25, 0.3) is 5.56 Å². The van der Waals surface area contributed by atoms with E-state index in [1.54, 1.807) is 19.1 Å². The predicted molar refractivity (Wildman–Crippen MR) is 101 cm³/mol. The molecule has 27 heavy (non-hydrogen) atoms. The van der Waals surface area contributed by atoms with E-state index in [9.17, 15) is 9.59 Å². The quantitative estimate of drug-likeness (QED) is 0.628. The van der Waals surface area contributed by atoms with Crippen molar-refractivity contribution in [2.75, 3.05) is 6.61 Å². The van der Waals surface area contributed by atoms with Crippen LogP contribution in [-0.4, -0.2) is 22.4 Å². The first-order valence-corrected chi connectivity index (χ1v) is 8.63. The van der Waals surface area contributed by atoms with Gasteiger partial charge in [-0.1, -0.05) is 48.0 Å². The van der Waals surface area contributed by atoms with Gasteiger partial charge in [-0.15, -0.1) is 0 Å². The number of carbonyl (C=O) groups excluding carboxylic acids is 1. The summed E-state index contributed by atoms with van der Waals surface area (Å²) in [5.41, 5.74) is 2.10. The van der Waals surface area contributed by atoms with Crippen LogP contribution >= 0.6 is 0 Å². The number of aromatic nitrogens is 2. The van der Waals surface area contributed by atoms with Crippen molar-refractivity contribution in [3.63, 3.8) is 0 Å². The fourth-order valence-electron chi connectivity index (χ4n) is 2.50. The summed E-state index contributed by atoms with van der Waals surface area (Å²) in [4.78, 5) is 24.9. The monoisotopic (exact) mass is 364 g/mol. The molecule has 0 atom stereocenters. The maximum Gasteiger partial charge on any atom is 0.362 e. The highest BCUT2D eigenvalue weighted by atomic mass is 16.5.